The number of primary amides is 2. The molecule has 0 saturated heterocycles. The summed E-state index contributed by atoms with van der Waals surface area (Å²) in [6.07, 6.45) is -0.534. The summed E-state index contributed by atoms with van der Waals surface area (Å²) in [6.45, 7) is 0.139. The van der Waals surface area contributed by atoms with Crippen molar-refractivity contribution in [1.29, 1.82) is 0 Å². The van der Waals surface area contributed by atoms with Crippen LogP contribution in [0.1, 0.15) is 27.2 Å². The van der Waals surface area contributed by atoms with Gasteiger partial charge in [-0.2, -0.15) is 0 Å². The van der Waals surface area contributed by atoms with E-state index in [0.29, 0.717) is 16.1 Å². The fraction of sp³-hybridized carbons (Fsp3) is 0.158. The third-order valence-electron chi connectivity index (χ3n) is 3.52. The van der Waals surface area contributed by atoms with E-state index in [1.54, 1.807) is 24.3 Å². The first-order chi connectivity index (χ1) is 14.3. The predicted molar refractivity (Wildman–Crippen MR) is 112 cm³/mol. The molecule has 0 radical (unpaired) electrons. The number of alkyl carbamates (subject to hydrolysis) is 1. The molecule has 2 rings (SSSR count). The van der Waals surface area contributed by atoms with Crippen molar-refractivity contribution in [3.8, 4) is 11.8 Å². The number of hydrogen-bond donors (Lipinski definition) is 5. The van der Waals surface area contributed by atoms with Crippen LogP contribution in [0.25, 0.3) is 0 Å². The van der Waals surface area contributed by atoms with E-state index in [1.807, 2.05) is 0 Å². The summed E-state index contributed by atoms with van der Waals surface area (Å²) in [5.74, 6) is 4.79. The van der Waals surface area contributed by atoms with Crippen molar-refractivity contribution in [2.24, 2.45) is 11.5 Å². The third kappa shape index (κ3) is 6.84. The van der Waals surface area contributed by atoms with Crippen molar-refractivity contribution in [3.05, 3.63) is 46.3 Å². The monoisotopic (exact) mass is 429 g/mol. The van der Waals surface area contributed by atoms with E-state index < -0.39 is 18.0 Å². The molecule has 0 fully saturated rings. The van der Waals surface area contributed by atoms with Gasteiger partial charge >= 0.3 is 12.1 Å². The molecule has 0 spiro atoms. The Hall–Kier alpha value is -4.04. The fourth-order valence-corrected chi connectivity index (χ4v) is 3.14. The standard InChI is InChI=1S/C19H19N5O5S/c1-29-19(28)22-8-7-15(25)23-12-4-2-3-11(9-12)5-6-13-10-14(16(20)26)17(30-13)24-18(21)27/h2-4,9-10H,7-8H2,1H3,(H2,20,26)(H,22,28)(H,23,25)(H3,21,24,27). The highest BCUT2D eigenvalue weighted by molar-refractivity contribution is 7.17. The topological polar surface area (TPSA) is 166 Å². The lowest BCUT2D eigenvalue weighted by molar-refractivity contribution is -0.116. The number of thiophene rings is 1. The van der Waals surface area contributed by atoms with E-state index in [0.717, 1.165) is 11.3 Å². The molecule has 30 heavy (non-hydrogen) atoms. The van der Waals surface area contributed by atoms with Crippen LogP contribution in [-0.4, -0.2) is 37.6 Å². The van der Waals surface area contributed by atoms with Gasteiger partial charge in [0.2, 0.25) is 5.91 Å². The Morgan fingerprint density at radius 3 is 2.53 bits per heavy atom. The van der Waals surface area contributed by atoms with Crippen molar-refractivity contribution in [3.63, 3.8) is 0 Å². The number of benzene rings is 1. The molecule has 1 aromatic heterocycles. The number of hydrogen-bond acceptors (Lipinski definition) is 6. The number of anilines is 2. The van der Waals surface area contributed by atoms with E-state index in [2.05, 4.69) is 32.5 Å². The molecule has 156 valence electrons. The van der Waals surface area contributed by atoms with Gasteiger partial charge in [0, 0.05) is 24.2 Å². The molecular weight excluding hydrogens is 410 g/mol. The Bertz CT molecular complexity index is 1040. The molecule has 0 atom stereocenters. The lowest BCUT2D eigenvalue weighted by Crippen LogP contribution is -2.27. The van der Waals surface area contributed by atoms with Crippen LogP contribution in [0.3, 0.4) is 0 Å². The third-order valence-corrected chi connectivity index (χ3v) is 4.48. The smallest absolute Gasteiger partial charge is 0.406 e. The first-order valence-electron chi connectivity index (χ1n) is 8.52. The second kappa shape index (κ2) is 10.5. The number of nitrogens with two attached hydrogens (primary N) is 2. The summed E-state index contributed by atoms with van der Waals surface area (Å²) >= 11 is 1.06. The molecule has 0 aliphatic rings. The van der Waals surface area contributed by atoms with Crippen molar-refractivity contribution in [1.82, 2.24) is 5.32 Å². The number of amides is 5. The zero-order valence-electron chi connectivity index (χ0n) is 15.9. The molecular formula is C19H19N5O5S. The summed E-state index contributed by atoms with van der Waals surface area (Å²) in [7, 11) is 1.24. The second-order valence-corrected chi connectivity index (χ2v) is 6.81. The van der Waals surface area contributed by atoms with Crippen LogP contribution < -0.4 is 27.4 Å². The molecule has 11 heteroatoms. The molecule has 2 aromatic rings. The van der Waals surface area contributed by atoms with Gasteiger partial charge in [-0.1, -0.05) is 17.9 Å². The van der Waals surface area contributed by atoms with Gasteiger partial charge in [-0.3, -0.25) is 14.9 Å². The van der Waals surface area contributed by atoms with Gasteiger partial charge in [0.1, 0.15) is 5.00 Å². The zero-order chi connectivity index (χ0) is 22.1. The van der Waals surface area contributed by atoms with Gasteiger partial charge in [-0.25, -0.2) is 9.59 Å². The Kier molecular flexibility index (Phi) is 7.78. The van der Waals surface area contributed by atoms with Crippen LogP contribution in [0.5, 0.6) is 0 Å². The lowest BCUT2D eigenvalue weighted by Gasteiger charge is -2.06. The minimum absolute atomic E-state index is 0.0751. The number of carbonyl (C=O) groups excluding carboxylic acids is 4. The number of carbonyl (C=O) groups is 4. The first kappa shape index (κ1) is 22.3. The van der Waals surface area contributed by atoms with Crippen LogP contribution in [0, 0.1) is 11.8 Å². The molecule has 10 nitrogen and oxygen atoms in total. The Morgan fingerprint density at radius 1 is 1.10 bits per heavy atom. The molecule has 1 heterocycles. The second-order valence-electron chi connectivity index (χ2n) is 5.75. The van der Waals surface area contributed by atoms with Crippen LogP contribution in [0.4, 0.5) is 20.3 Å². The van der Waals surface area contributed by atoms with Gasteiger partial charge < -0.3 is 26.8 Å². The lowest BCUT2D eigenvalue weighted by atomic mass is 10.2. The summed E-state index contributed by atoms with van der Waals surface area (Å²) < 4.78 is 4.42. The molecule has 5 amide bonds. The Balaban J connectivity index is 2.07. The summed E-state index contributed by atoms with van der Waals surface area (Å²) in [6, 6.07) is 7.48. The number of nitrogens with one attached hydrogen (secondary N) is 3. The summed E-state index contributed by atoms with van der Waals surface area (Å²) in [4.78, 5) is 45.9. The fourth-order valence-electron chi connectivity index (χ4n) is 2.22. The summed E-state index contributed by atoms with van der Waals surface area (Å²) in [5, 5.41) is 7.68. The van der Waals surface area contributed by atoms with E-state index >= 15 is 0 Å². The number of ether oxygens (including phenoxy) is 1. The minimum Gasteiger partial charge on any atom is -0.453 e. The van der Waals surface area contributed by atoms with Crippen molar-refractivity contribution < 1.29 is 23.9 Å². The van der Waals surface area contributed by atoms with Gasteiger partial charge in [0.05, 0.1) is 17.6 Å². The van der Waals surface area contributed by atoms with E-state index in [-0.39, 0.29) is 29.4 Å². The van der Waals surface area contributed by atoms with Gasteiger partial charge in [0.25, 0.3) is 5.91 Å². The molecule has 0 unspecified atom stereocenters. The average Bonchev–Trinajstić information content (AvgIpc) is 3.08. The highest BCUT2D eigenvalue weighted by Gasteiger charge is 2.14. The van der Waals surface area contributed by atoms with E-state index in [4.69, 9.17) is 11.5 Å². The van der Waals surface area contributed by atoms with Crippen molar-refractivity contribution in [2.45, 2.75) is 6.42 Å². The number of rotatable bonds is 6. The Morgan fingerprint density at radius 2 is 1.87 bits per heavy atom. The maximum absolute atomic E-state index is 11.9. The quantitative estimate of drug-likeness (QED) is 0.437. The molecule has 0 aliphatic heterocycles. The Labute approximate surface area is 176 Å². The van der Waals surface area contributed by atoms with Gasteiger partial charge in [0.15, 0.2) is 0 Å². The van der Waals surface area contributed by atoms with Crippen LogP contribution in [-0.2, 0) is 9.53 Å². The maximum atomic E-state index is 11.9. The molecule has 0 aliphatic carbocycles. The normalized spacial score (nSPS) is 9.63. The first-order valence-corrected chi connectivity index (χ1v) is 9.34. The summed E-state index contributed by atoms with van der Waals surface area (Å²) in [5.41, 5.74) is 11.6. The van der Waals surface area contributed by atoms with Crippen molar-refractivity contribution >= 4 is 46.0 Å². The molecule has 0 saturated carbocycles. The van der Waals surface area contributed by atoms with Crippen LogP contribution in [0.2, 0.25) is 0 Å². The van der Waals surface area contributed by atoms with Crippen LogP contribution in [0.15, 0.2) is 30.3 Å². The molecule has 1 aromatic carbocycles. The van der Waals surface area contributed by atoms with Crippen molar-refractivity contribution in [2.75, 3.05) is 24.3 Å². The predicted octanol–water partition coefficient (Wildman–Crippen LogP) is 1.42. The zero-order valence-corrected chi connectivity index (χ0v) is 16.7. The van der Waals surface area contributed by atoms with Gasteiger partial charge in [-0.15, -0.1) is 11.3 Å². The largest absolute Gasteiger partial charge is 0.453 e. The molecule has 7 N–H and O–H groups in total. The molecule has 0 bridgehead atoms. The maximum Gasteiger partial charge on any atom is 0.406 e. The highest BCUT2D eigenvalue weighted by Crippen LogP contribution is 2.27. The van der Waals surface area contributed by atoms with Crippen LogP contribution >= 0.6 is 11.3 Å². The highest BCUT2D eigenvalue weighted by atomic mass is 32.1. The average molecular weight is 429 g/mol. The van der Waals surface area contributed by atoms with E-state index in [9.17, 15) is 19.2 Å². The minimum atomic E-state index is -0.816. The van der Waals surface area contributed by atoms with E-state index in [1.165, 1.54) is 13.2 Å². The van der Waals surface area contributed by atoms with Gasteiger partial charge in [-0.05, 0) is 24.3 Å². The number of methoxy groups -OCH3 is 1. The SMILES string of the molecule is COC(=O)NCCC(=O)Nc1cccc(C#Cc2cc(C(N)=O)c(NC(N)=O)s2)c1. The number of urea groups is 1.